The van der Waals surface area contributed by atoms with Crippen molar-refractivity contribution in [3.63, 3.8) is 0 Å². The summed E-state index contributed by atoms with van der Waals surface area (Å²) in [6.07, 6.45) is 6.90. The maximum atomic E-state index is 10.2. The van der Waals surface area contributed by atoms with Crippen LogP contribution in [0.3, 0.4) is 0 Å². The van der Waals surface area contributed by atoms with Crippen LogP contribution in [0.1, 0.15) is 63.9 Å². The van der Waals surface area contributed by atoms with Crippen LogP contribution in [0, 0.1) is 5.41 Å². The van der Waals surface area contributed by atoms with E-state index in [1.54, 1.807) is 0 Å². The molecule has 1 aromatic rings. The highest BCUT2D eigenvalue weighted by Gasteiger charge is 2.56. The number of rotatable bonds is 3. The lowest BCUT2D eigenvalue weighted by Crippen LogP contribution is -2.60. The first-order chi connectivity index (χ1) is 9.62. The fraction of sp³-hybridized carbons (Fsp3) is 0.667. The van der Waals surface area contributed by atoms with Gasteiger partial charge in [0.2, 0.25) is 0 Å². The fourth-order valence-electron chi connectivity index (χ4n) is 3.85. The zero-order valence-corrected chi connectivity index (χ0v) is 12.6. The second-order valence-electron chi connectivity index (χ2n) is 6.88. The Morgan fingerprint density at radius 1 is 1.10 bits per heavy atom. The van der Waals surface area contributed by atoms with Crippen LogP contribution < -0.4 is 4.74 Å². The van der Waals surface area contributed by atoms with E-state index < -0.39 is 0 Å². The molecule has 0 aromatic heterocycles. The first-order valence-corrected chi connectivity index (χ1v) is 8.06. The van der Waals surface area contributed by atoms with Gasteiger partial charge in [0, 0.05) is 11.8 Å². The number of hydrogen-bond acceptors (Lipinski definition) is 2. The van der Waals surface area contributed by atoms with E-state index in [2.05, 4.69) is 38.1 Å². The summed E-state index contributed by atoms with van der Waals surface area (Å²) in [5, 5.41) is 10.2. The smallest absolute Gasteiger partial charge is 0.119 e. The van der Waals surface area contributed by atoms with Crippen molar-refractivity contribution in [1.82, 2.24) is 0 Å². The minimum atomic E-state index is -0.150. The maximum Gasteiger partial charge on any atom is 0.119 e. The molecule has 0 bridgehead atoms. The number of hydrogen-bond donors (Lipinski definition) is 1. The van der Waals surface area contributed by atoms with Gasteiger partial charge in [0.05, 0.1) is 6.10 Å². The third kappa shape index (κ3) is 2.35. The summed E-state index contributed by atoms with van der Waals surface area (Å²) in [5.74, 6) is 1.51. The van der Waals surface area contributed by atoms with Gasteiger partial charge in [-0.25, -0.2) is 0 Å². The monoisotopic (exact) mass is 274 g/mol. The average Bonchev–Trinajstić information content (AvgIpc) is 2.48. The molecule has 2 saturated carbocycles. The van der Waals surface area contributed by atoms with Gasteiger partial charge < -0.3 is 9.84 Å². The number of ether oxygens (including phenoxy) is 1. The molecule has 0 radical (unpaired) electrons. The molecule has 2 aliphatic rings. The largest absolute Gasteiger partial charge is 0.490 e. The standard InChI is InChI=1S/C18H26O2/c1-13(2)14-6-8-15(9-7-14)20-17-12-16(19)18(17)10-4-3-5-11-18/h6-9,13,16-17,19H,3-5,10-12H2,1-2H3. The summed E-state index contributed by atoms with van der Waals surface area (Å²) in [5.41, 5.74) is 1.40. The summed E-state index contributed by atoms with van der Waals surface area (Å²) < 4.78 is 6.19. The molecule has 2 heteroatoms. The SMILES string of the molecule is CC(C)c1ccc(OC2CC(O)C23CCCCC3)cc1. The van der Waals surface area contributed by atoms with Gasteiger partial charge in [-0.1, -0.05) is 45.2 Å². The normalized spacial score (nSPS) is 28.4. The molecule has 0 amide bonds. The molecule has 3 rings (SSSR count). The van der Waals surface area contributed by atoms with Gasteiger partial charge >= 0.3 is 0 Å². The van der Waals surface area contributed by atoms with Gasteiger partial charge in [0.1, 0.15) is 11.9 Å². The summed E-state index contributed by atoms with van der Waals surface area (Å²) in [4.78, 5) is 0. The van der Waals surface area contributed by atoms with Crippen LogP contribution in [0.4, 0.5) is 0 Å². The first-order valence-electron chi connectivity index (χ1n) is 8.06. The zero-order valence-electron chi connectivity index (χ0n) is 12.6. The van der Waals surface area contributed by atoms with Crippen LogP contribution in [0.2, 0.25) is 0 Å². The highest BCUT2D eigenvalue weighted by atomic mass is 16.5. The Hall–Kier alpha value is -1.02. The molecule has 2 aliphatic carbocycles. The van der Waals surface area contributed by atoms with Gasteiger partial charge in [-0.2, -0.15) is 0 Å². The molecular weight excluding hydrogens is 248 g/mol. The van der Waals surface area contributed by atoms with Crippen molar-refractivity contribution in [3.8, 4) is 5.75 Å². The summed E-state index contributed by atoms with van der Waals surface area (Å²) in [6, 6.07) is 8.47. The van der Waals surface area contributed by atoms with Crippen molar-refractivity contribution in [2.75, 3.05) is 0 Å². The van der Waals surface area contributed by atoms with E-state index in [4.69, 9.17) is 4.74 Å². The van der Waals surface area contributed by atoms with E-state index >= 15 is 0 Å². The first kappa shape index (κ1) is 13.9. The van der Waals surface area contributed by atoms with Crippen molar-refractivity contribution < 1.29 is 9.84 Å². The Bertz CT molecular complexity index is 443. The van der Waals surface area contributed by atoms with Gasteiger partial charge in [-0.05, 0) is 36.5 Å². The minimum absolute atomic E-state index is 0.0506. The molecule has 110 valence electrons. The van der Waals surface area contributed by atoms with E-state index in [0.717, 1.165) is 25.0 Å². The predicted molar refractivity (Wildman–Crippen MR) is 81.1 cm³/mol. The Morgan fingerprint density at radius 2 is 1.75 bits per heavy atom. The molecule has 2 atom stereocenters. The van der Waals surface area contributed by atoms with E-state index in [0.29, 0.717) is 5.92 Å². The van der Waals surface area contributed by atoms with Crippen LogP contribution >= 0.6 is 0 Å². The van der Waals surface area contributed by atoms with Gasteiger partial charge in [-0.15, -0.1) is 0 Å². The van der Waals surface area contributed by atoms with E-state index in [1.165, 1.54) is 24.8 Å². The minimum Gasteiger partial charge on any atom is -0.490 e. The lowest BCUT2D eigenvalue weighted by molar-refractivity contribution is -0.172. The zero-order chi connectivity index (χ0) is 14.2. The Labute approximate surface area is 122 Å². The number of aliphatic hydroxyl groups excluding tert-OH is 1. The summed E-state index contributed by atoms with van der Waals surface area (Å²) in [7, 11) is 0. The molecule has 1 aromatic carbocycles. The lowest BCUT2D eigenvalue weighted by atomic mass is 9.56. The topological polar surface area (TPSA) is 29.5 Å². The predicted octanol–water partition coefficient (Wildman–Crippen LogP) is 4.27. The molecule has 1 spiro atoms. The van der Waals surface area contributed by atoms with Crippen LogP contribution in [0.5, 0.6) is 5.75 Å². The highest BCUT2D eigenvalue weighted by Crippen LogP contribution is 2.53. The molecule has 0 heterocycles. The Kier molecular flexibility index (Phi) is 3.76. The molecule has 2 unspecified atom stereocenters. The van der Waals surface area contributed by atoms with E-state index in [9.17, 15) is 5.11 Å². The van der Waals surface area contributed by atoms with Gasteiger partial charge in [0.25, 0.3) is 0 Å². The molecule has 0 aliphatic heterocycles. The Balaban J connectivity index is 1.68. The third-order valence-corrected chi connectivity index (χ3v) is 5.35. The third-order valence-electron chi connectivity index (χ3n) is 5.35. The molecule has 20 heavy (non-hydrogen) atoms. The second-order valence-corrected chi connectivity index (χ2v) is 6.88. The summed E-state index contributed by atoms with van der Waals surface area (Å²) >= 11 is 0. The molecule has 2 fully saturated rings. The number of aliphatic hydroxyl groups is 1. The van der Waals surface area contributed by atoms with Crippen LogP contribution in [-0.2, 0) is 0 Å². The highest BCUT2D eigenvalue weighted by molar-refractivity contribution is 5.29. The van der Waals surface area contributed by atoms with Gasteiger partial charge in [0.15, 0.2) is 0 Å². The van der Waals surface area contributed by atoms with Gasteiger partial charge in [-0.3, -0.25) is 0 Å². The van der Waals surface area contributed by atoms with Crippen LogP contribution in [-0.4, -0.2) is 17.3 Å². The van der Waals surface area contributed by atoms with Crippen molar-refractivity contribution >= 4 is 0 Å². The Morgan fingerprint density at radius 3 is 2.30 bits per heavy atom. The van der Waals surface area contributed by atoms with E-state index in [1.807, 2.05) is 0 Å². The van der Waals surface area contributed by atoms with Crippen molar-refractivity contribution in [1.29, 1.82) is 0 Å². The van der Waals surface area contributed by atoms with Crippen molar-refractivity contribution in [3.05, 3.63) is 29.8 Å². The lowest BCUT2D eigenvalue weighted by Gasteiger charge is -2.55. The molecule has 0 saturated heterocycles. The quantitative estimate of drug-likeness (QED) is 0.891. The maximum absolute atomic E-state index is 10.2. The van der Waals surface area contributed by atoms with Crippen LogP contribution in [0.15, 0.2) is 24.3 Å². The second kappa shape index (κ2) is 5.40. The molecule has 1 N–H and O–H groups in total. The summed E-state index contributed by atoms with van der Waals surface area (Å²) in [6.45, 7) is 4.41. The van der Waals surface area contributed by atoms with Crippen molar-refractivity contribution in [2.24, 2.45) is 5.41 Å². The van der Waals surface area contributed by atoms with Crippen molar-refractivity contribution in [2.45, 2.75) is 70.5 Å². The molecular formula is C18H26O2. The fourth-order valence-corrected chi connectivity index (χ4v) is 3.85. The van der Waals surface area contributed by atoms with E-state index in [-0.39, 0.29) is 17.6 Å². The average molecular weight is 274 g/mol. The number of benzene rings is 1. The van der Waals surface area contributed by atoms with Crippen LogP contribution in [0.25, 0.3) is 0 Å². The molecule has 2 nitrogen and oxygen atoms in total.